The molecule has 1 saturated heterocycles. The maximum atomic E-state index is 12.0. The van der Waals surface area contributed by atoms with Crippen LogP contribution in [0.25, 0.3) is 0 Å². The van der Waals surface area contributed by atoms with Crippen molar-refractivity contribution in [2.24, 2.45) is 0 Å². The van der Waals surface area contributed by atoms with Gasteiger partial charge in [-0.2, -0.15) is 0 Å². The van der Waals surface area contributed by atoms with Gasteiger partial charge in [0.15, 0.2) is 0 Å². The minimum absolute atomic E-state index is 0.0796. The lowest BCUT2D eigenvalue weighted by Crippen LogP contribution is -2.53. The Kier molecular flexibility index (Phi) is 2.73. The number of hydrogen-bond acceptors (Lipinski definition) is 5. The van der Waals surface area contributed by atoms with Crippen LogP contribution in [-0.4, -0.2) is 40.7 Å². The molecule has 0 radical (unpaired) electrons. The lowest BCUT2D eigenvalue weighted by molar-refractivity contribution is -0.135. The Morgan fingerprint density at radius 2 is 2.00 bits per heavy atom. The van der Waals surface area contributed by atoms with Gasteiger partial charge in [0.05, 0.1) is 5.56 Å². The molecule has 17 heavy (non-hydrogen) atoms. The Morgan fingerprint density at radius 1 is 1.35 bits per heavy atom. The van der Waals surface area contributed by atoms with Crippen LogP contribution in [-0.2, 0) is 9.59 Å². The van der Waals surface area contributed by atoms with Crippen LogP contribution in [0, 0.1) is 0 Å². The second-order valence-electron chi connectivity index (χ2n) is 3.57. The first-order valence-corrected chi connectivity index (χ1v) is 4.90. The van der Waals surface area contributed by atoms with E-state index in [1.165, 1.54) is 12.3 Å². The predicted molar refractivity (Wildman–Crippen MR) is 57.7 cm³/mol. The van der Waals surface area contributed by atoms with Crippen molar-refractivity contribution in [2.45, 2.75) is 0 Å². The number of nitrogens with zero attached hydrogens (tertiary/aromatic N) is 2. The molecule has 3 amide bonds. The Hall–Kier alpha value is -2.44. The predicted octanol–water partition coefficient (Wildman–Crippen LogP) is -1.24. The number of rotatable bonds is 1. The average molecular weight is 234 g/mol. The van der Waals surface area contributed by atoms with Gasteiger partial charge in [0.25, 0.3) is 5.91 Å². The van der Waals surface area contributed by atoms with E-state index >= 15 is 0 Å². The molecule has 2 rings (SSSR count). The molecule has 0 saturated carbocycles. The summed E-state index contributed by atoms with van der Waals surface area (Å²) in [5.41, 5.74) is 5.74. The molecule has 2 heterocycles. The number of nitrogens with one attached hydrogen (secondary N) is 1. The summed E-state index contributed by atoms with van der Waals surface area (Å²) in [5.74, 6) is -1.40. The van der Waals surface area contributed by atoms with Gasteiger partial charge in [-0.3, -0.25) is 19.7 Å². The summed E-state index contributed by atoms with van der Waals surface area (Å²) in [7, 11) is 0. The first-order valence-electron chi connectivity index (χ1n) is 4.90. The zero-order valence-electron chi connectivity index (χ0n) is 8.84. The van der Waals surface area contributed by atoms with E-state index in [0.717, 1.165) is 4.90 Å². The second kappa shape index (κ2) is 4.20. The molecule has 1 aliphatic rings. The molecule has 1 fully saturated rings. The molecule has 88 valence electrons. The van der Waals surface area contributed by atoms with Crippen molar-refractivity contribution in [3.05, 3.63) is 23.9 Å². The Bertz CT molecular complexity index is 484. The van der Waals surface area contributed by atoms with Crippen LogP contribution in [0.2, 0.25) is 0 Å². The molecule has 0 atom stereocenters. The summed E-state index contributed by atoms with van der Waals surface area (Å²) in [6, 6.07) is 3.07. The van der Waals surface area contributed by atoms with E-state index in [2.05, 4.69) is 10.3 Å². The second-order valence-corrected chi connectivity index (χ2v) is 3.57. The Morgan fingerprint density at radius 3 is 2.59 bits per heavy atom. The standard InChI is InChI=1S/C10H10N4O3/c11-9-6(2-1-3-12-9)10(17)14-4-7(15)13-8(16)5-14/h1-3H,4-5H2,(H2,11,12)(H,13,15,16). The summed E-state index contributed by atoms with van der Waals surface area (Å²) in [6.45, 7) is -0.308. The van der Waals surface area contributed by atoms with Crippen LogP contribution in [0.3, 0.4) is 0 Å². The fourth-order valence-electron chi connectivity index (χ4n) is 1.55. The maximum absolute atomic E-state index is 12.0. The summed E-state index contributed by atoms with van der Waals surface area (Å²) in [5, 5.41) is 2.11. The quantitative estimate of drug-likeness (QED) is 0.591. The molecule has 7 nitrogen and oxygen atoms in total. The monoisotopic (exact) mass is 234 g/mol. The molecule has 1 aromatic rings. The number of carbonyl (C=O) groups is 3. The van der Waals surface area contributed by atoms with Crippen LogP contribution in [0.15, 0.2) is 18.3 Å². The van der Waals surface area contributed by atoms with Crippen LogP contribution >= 0.6 is 0 Å². The Balaban J connectivity index is 2.23. The number of nitrogens with two attached hydrogens (primary N) is 1. The molecular formula is C10H10N4O3. The van der Waals surface area contributed by atoms with E-state index in [-0.39, 0.29) is 24.5 Å². The fourth-order valence-corrected chi connectivity index (χ4v) is 1.55. The van der Waals surface area contributed by atoms with Gasteiger partial charge >= 0.3 is 0 Å². The molecule has 0 unspecified atom stereocenters. The van der Waals surface area contributed by atoms with E-state index < -0.39 is 17.7 Å². The van der Waals surface area contributed by atoms with Gasteiger partial charge in [-0.25, -0.2) is 4.98 Å². The zero-order valence-corrected chi connectivity index (χ0v) is 8.84. The highest BCUT2D eigenvalue weighted by Crippen LogP contribution is 2.11. The van der Waals surface area contributed by atoms with E-state index in [9.17, 15) is 14.4 Å². The number of aromatic nitrogens is 1. The maximum Gasteiger partial charge on any atom is 0.258 e. The van der Waals surface area contributed by atoms with Crippen LogP contribution < -0.4 is 11.1 Å². The third-order valence-electron chi connectivity index (χ3n) is 2.30. The van der Waals surface area contributed by atoms with E-state index in [1.807, 2.05) is 0 Å². The van der Waals surface area contributed by atoms with Gasteiger partial charge in [-0.05, 0) is 12.1 Å². The molecule has 0 bridgehead atoms. The third-order valence-corrected chi connectivity index (χ3v) is 2.30. The van der Waals surface area contributed by atoms with Crippen LogP contribution in [0.5, 0.6) is 0 Å². The van der Waals surface area contributed by atoms with Gasteiger partial charge < -0.3 is 10.6 Å². The largest absolute Gasteiger partial charge is 0.383 e. The van der Waals surface area contributed by atoms with E-state index in [1.54, 1.807) is 6.07 Å². The highest BCUT2D eigenvalue weighted by atomic mass is 16.2. The van der Waals surface area contributed by atoms with Crippen molar-refractivity contribution >= 4 is 23.5 Å². The van der Waals surface area contributed by atoms with Gasteiger partial charge in [0.1, 0.15) is 18.9 Å². The average Bonchev–Trinajstić information content (AvgIpc) is 2.27. The SMILES string of the molecule is Nc1ncccc1C(=O)N1CC(=O)NC(=O)C1. The third kappa shape index (κ3) is 2.22. The first-order chi connectivity index (χ1) is 8.08. The number of pyridine rings is 1. The number of anilines is 1. The van der Waals surface area contributed by atoms with Crippen molar-refractivity contribution in [3.8, 4) is 0 Å². The highest BCUT2D eigenvalue weighted by Gasteiger charge is 2.28. The lowest BCUT2D eigenvalue weighted by Gasteiger charge is -2.25. The number of hydrogen-bond donors (Lipinski definition) is 2. The molecule has 0 aliphatic carbocycles. The van der Waals surface area contributed by atoms with Crippen molar-refractivity contribution in [2.75, 3.05) is 18.8 Å². The summed E-state index contributed by atoms with van der Waals surface area (Å²) in [4.78, 5) is 39.2. The number of nitrogen functional groups attached to an aromatic ring is 1. The van der Waals surface area contributed by atoms with Crippen molar-refractivity contribution in [1.29, 1.82) is 0 Å². The summed E-state index contributed by atoms with van der Waals surface area (Å²) >= 11 is 0. The topological polar surface area (TPSA) is 105 Å². The molecule has 0 spiro atoms. The van der Waals surface area contributed by atoms with Crippen molar-refractivity contribution in [1.82, 2.24) is 15.2 Å². The minimum atomic E-state index is -0.503. The number of piperazine rings is 1. The Labute approximate surface area is 96.6 Å². The zero-order chi connectivity index (χ0) is 12.4. The van der Waals surface area contributed by atoms with E-state index in [0.29, 0.717) is 0 Å². The fraction of sp³-hybridized carbons (Fsp3) is 0.200. The van der Waals surface area contributed by atoms with Gasteiger partial charge in [-0.15, -0.1) is 0 Å². The molecule has 1 aromatic heterocycles. The smallest absolute Gasteiger partial charge is 0.258 e. The number of amides is 3. The normalized spacial score (nSPS) is 15.6. The summed E-state index contributed by atoms with van der Waals surface area (Å²) in [6.07, 6.45) is 1.46. The van der Waals surface area contributed by atoms with Crippen molar-refractivity contribution in [3.63, 3.8) is 0 Å². The minimum Gasteiger partial charge on any atom is -0.383 e. The van der Waals surface area contributed by atoms with Crippen LogP contribution in [0.4, 0.5) is 5.82 Å². The van der Waals surface area contributed by atoms with Gasteiger partial charge in [0.2, 0.25) is 11.8 Å². The first kappa shape index (κ1) is 11.1. The molecule has 0 aromatic carbocycles. The number of carbonyl (C=O) groups excluding carboxylic acids is 3. The molecule has 3 N–H and O–H groups in total. The van der Waals surface area contributed by atoms with E-state index in [4.69, 9.17) is 5.73 Å². The lowest BCUT2D eigenvalue weighted by atomic mass is 10.2. The summed E-state index contributed by atoms with van der Waals surface area (Å²) < 4.78 is 0. The highest BCUT2D eigenvalue weighted by molar-refractivity contribution is 6.06. The van der Waals surface area contributed by atoms with Crippen LogP contribution in [0.1, 0.15) is 10.4 Å². The van der Waals surface area contributed by atoms with Crippen molar-refractivity contribution < 1.29 is 14.4 Å². The molecular weight excluding hydrogens is 224 g/mol. The molecule has 7 heteroatoms. The van der Waals surface area contributed by atoms with Gasteiger partial charge in [-0.1, -0.05) is 0 Å². The number of imide groups is 1. The molecule has 1 aliphatic heterocycles. The van der Waals surface area contributed by atoms with Gasteiger partial charge in [0, 0.05) is 6.20 Å².